The Morgan fingerprint density at radius 1 is 1.33 bits per heavy atom. The SMILES string of the molecule is O=C(Nc1ccccc1C(F)(F)F)OC1CNC1. The number of hydrogen-bond acceptors (Lipinski definition) is 3. The minimum Gasteiger partial charge on any atom is -0.443 e. The molecule has 1 amide bonds. The smallest absolute Gasteiger partial charge is 0.418 e. The van der Waals surface area contributed by atoms with Crippen LogP contribution in [0.15, 0.2) is 24.3 Å². The van der Waals surface area contributed by atoms with Gasteiger partial charge in [-0.2, -0.15) is 13.2 Å². The third-order valence-corrected chi connectivity index (χ3v) is 2.49. The summed E-state index contributed by atoms with van der Waals surface area (Å²) < 4.78 is 42.8. The molecular formula is C11H11F3N2O2. The Hall–Kier alpha value is -1.76. The van der Waals surface area contributed by atoms with Crippen molar-refractivity contribution in [2.45, 2.75) is 12.3 Å². The zero-order chi connectivity index (χ0) is 13.2. The predicted octanol–water partition coefficient (Wildman–Crippen LogP) is 2.23. The number of ether oxygens (including phenoxy) is 1. The highest BCUT2D eigenvalue weighted by molar-refractivity contribution is 5.86. The Balaban J connectivity index is 2.06. The van der Waals surface area contributed by atoms with Gasteiger partial charge in [-0.1, -0.05) is 12.1 Å². The lowest BCUT2D eigenvalue weighted by Gasteiger charge is -2.26. The van der Waals surface area contributed by atoms with E-state index >= 15 is 0 Å². The number of carbonyl (C=O) groups is 1. The van der Waals surface area contributed by atoms with Crippen LogP contribution in [0.1, 0.15) is 5.56 Å². The number of carbonyl (C=O) groups excluding carboxylic acids is 1. The summed E-state index contributed by atoms with van der Waals surface area (Å²) >= 11 is 0. The van der Waals surface area contributed by atoms with E-state index in [9.17, 15) is 18.0 Å². The summed E-state index contributed by atoms with van der Waals surface area (Å²) in [4.78, 5) is 11.4. The lowest BCUT2D eigenvalue weighted by atomic mass is 10.1. The van der Waals surface area contributed by atoms with Gasteiger partial charge in [-0.15, -0.1) is 0 Å². The van der Waals surface area contributed by atoms with Gasteiger partial charge in [0, 0.05) is 13.1 Å². The van der Waals surface area contributed by atoms with E-state index in [0.29, 0.717) is 13.1 Å². The molecule has 0 radical (unpaired) electrons. The molecule has 0 aromatic heterocycles. The van der Waals surface area contributed by atoms with E-state index in [4.69, 9.17) is 4.74 Å². The van der Waals surface area contributed by atoms with E-state index in [2.05, 4.69) is 10.6 Å². The van der Waals surface area contributed by atoms with Gasteiger partial charge >= 0.3 is 12.3 Å². The minimum absolute atomic E-state index is 0.275. The van der Waals surface area contributed by atoms with Gasteiger partial charge in [-0.05, 0) is 12.1 Å². The highest BCUT2D eigenvalue weighted by atomic mass is 19.4. The van der Waals surface area contributed by atoms with Crippen molar-refractivity contribution in [2.75, 3.05) is 18.4 Å². The summed E-state index contributed by atoms with van der Waals surface area (Å²) in [6, 6.07) is 4.76. The second-order valence-corrected chi connectivity index (χ2v) is 3.85. The van der Waals surface area contributed by atoms with Crippen molar-refractivity contribution < 1.29 is 22.7 Å². The van der Waals surface area contributed by atoms with Crippen LogP contribution in [0.5, 0.6) is 0 Å². The van der Waals surface area contributed by atoms with Crippen LogP contribution in [-0.4, -0.2) is 25.3 Å². The first-order chi connectivity index (χ1) is 8.47. The third kappa shape index (κ3) is 2.92. The van der Waals surface area contributed by atoms with Crippen molar-refractivity contribution in [3.8, 4) is 0 Å². The highest BCUT2D eigenvalue weighted by Gasteiger charge is 2.34. The summed E-state index contributed by atoms with van der Waals surface area (Å²) in [5.41, 5.74) is -1.20. The number of nitrogens with one attached hydrogen (secondary N) is 2. The average molecular weight is 260 g/mol. The van der Waals surface area contributed by atoms with E-state index in [1.807, 2.05) is 0 Å². The van der Waals surface area contributed by atoms with E-state index < -0.39 is 17.8 Å². The van der Waals surface area contributed by atoms with Crippen molar-refractivity contribution in [2.24, 2.45) is 0 Å². The van der Waals surface area contributed by atoms with Gasteiger partial charge in [-0.25, -0.2) is 4.79 Å². The predicted molar refractivity (Wildman–Crippen MR) is 58.2 cm³/mol. The molecule has 2 rings (SSSR count). The van der Waals surface area contributed by atoms with Gasteiger partial charge in [0.15, 0.2) is 0 Å². The molecule has 1 aromatic carbocycles. The summed E-state index contributed by atoms with van der Waals surface area (Å²) in [5.74, 6) is 0. The van der Waals surface area contributed by atoms with Gasteiger partial charge < -0.3 is 10.1 Å². The molecule has 1 heterocycles. The van der Waals surface area contributed by atoms with Crippen molar-refractivity contribution in [1.29, 1.82) is 0 Å². The van der Waals surface area contributed by atoms with Crippen LogP contribution in [0.25, 0.3) is 0 Å². The largest absolute Gasteiger partial charge is 0.443 e. The Kier molecular flexibility index (Phi) is 3.42. The minimum atomic E-state index is -4.51. The summed E-state index contributed by atoms with van der Waals surface area (Å²) in [7, 11) is 0. The Labute approximate surface area is 101 Å². The summed E-state index contributed by atoms with van der Waals surface area (Å²) in [5, 5.41) is 4.99. The van der Waals surface area contributed by atoms with Crippen molar-refractivity contribution in [3.63, 3.8) is 0 Å². The van der Waals surface area contributed by atoms with Crippen LogP contribution in [0.3, 0.4) is 0 Å². The molecule has 0 spiro atoms. The monoisotopic (exact) mass is 260 g/mol. The molecule has 1 aliphatic rings. The normalized spacial score (nSPS) is 15.9. The molecule has 4 nitrogen and oxygen atoms in total. The standard InChI is InChI=1S/C11H11F3N2O2/c12-11(13,14)8-3-1-2-4-9(8)16-10(17)18-7-5-15-6-7/h1-4,7,15H,5-6H2,(H,16,17). The van der Waals surface area contributed by atoms with Gasteiger partial charge in [0.1, 0.15) is 6.10 Å². The zero-order valence-electron chi connectivity index (χ0n) is 9.25. The zero-order valence-corrected chi connectivity index (χ0v) is 9.25. The molecule has 0 bridgehead atoms. The van der Waals surface area contributed by atoms with E-state index in [-0.39, 0.29) is 11.8 Å². The van der Waals surface area contributed by atoms with Crippen LogP contribution in [0, 0.1) is 0 Å². The first-order valence-electron chi connectivity index (χ1n) is 5.31. The molecule has 98 valence electrons. The second kappa shape index (κ2) is 4.85. The lowest BCUT2D eigenvalue weighted by Crippen LogP contribution is -2.49. The fraction of sp³-hybridized carbons (Fsp3) is 0.364. The van der Waals surface area contributed by atoms with E-state index in [1.165, 1.54) is 18.2 Å². The molecular weight excluding hydrogens is 249 g/mol. The average Bonchev–Trinajstić information content (AvgIpc) is 2.23. The molecule has 1 saturated heterocycles. The van der Waals surface area contributed by atoms with Crippen LogP contribution in [0.2, 0.25) is 0 Å². The van der Waals surface area contributed by atoms with E-state index in [0.717, 1.165) is 6.07 Å². The van der Waals surface area contributed by atoms with Crippen molar-refractivity contribution in [1.82, 2.24) is 5.32 Å². The number of anilines is 1. The van der Waals surface area contributed by atoms with Crippen LogP contribution in [-0.2, 0) is 10.9 Å². The number of amides is 1. The number of halogens is 3. The number of benzene rings is 1. The maximum atomic E-state index is 12.6. The summed E-state index contributed by atoms with van der Waals surface area (Å²) in [6.07, 6.45) is -5.66. The van der Waals surface area contributed by atoms with Gasteiger partial charge in [-0.3, -0.25) is 5.32 Å². The maximum absolute atomic E-state index is 12.6. The topological polar surface area (TPSA) is 50.4 Å². The molecule has 0 atom stereocenters. The van der Waals surface area contributed by atoms with Gasteiger partial charge in [0.25, 0.3) is 0 Å². The fourth-order valence-electron chi connectivity index (χ4n) is 1.48. The molecule has 1 aliphatic heterocycles. The second-order valence-electron chi connectivity index (χ2n) is 3.85. The van der Waals surface area contributed by atoms with Crippen molar-refractivity contribution >= 4 is 11.8 Å². The molecule has 1 fully saturated rings. The molecule has 0 aliphatic carbocycles. The molecule has 1 aromatic rings. The van der Waals surface area contributed by atoms with Crippen LogP contribution < -0.4 is 10.6 Å². The van der Waals surface area contributed by atoms with Crippen molar-refractivity contribution in [3.05, 3.63) is 29.8 Å². The molecule has 7 heteroatoms. The van der Waals surface area contributed by atoms with Gasteiger partial charge in [0.2, 0.25) is 0 Å². The lowest BCUT2D eigenvalue weighted by molar-refractivity contribution is -0.136. The quantitative estimate of drug-likeness (QED) is 0.857. The van der Waals surface area contributed by atoms with Gasteiger partial charge in [0.05, 0.1) is 11.3 Å². The fourth-order valence-corrected chi connectivity index (χ4v) is 1.48. The van der Waals surface area contributed by atoms with E-state index in [1.54, 1.807) is 0 Å². The Morgan fingerprint density at radius 2 is 2.00 bits per heavy atom. The molecule has 0 unspecified atom stereocenters. The molecule has 2 N–H and O–H groups in total. The Bertz CT molecular complexity index is 444. The van der Waals surface area contributed by atoms with Crippen LogP contribution >= 0.6 is 0 Å². The number of alkyl halides is 3. The number of rotatable bonds is 2. The third-order valence-electron chi connectivity index (χ3n) is 2.49. The maximum Gasteiger partial charge on any atom is 0.418 e. The van der Waals surface area contributed by atoms with Crippen LogP contribution in [0.4, 0.5) is 23.7 Å². The molecule has 18 heavy (non-hydrogen) atoms. The Morgan fingerprint density at radius 3 is 2.56 bits per heavy atom. The highest BCUT2D eigenvalue weighted by Crippen LogP contribution is 2.34. The molecule has 0 saturated carbocycles. The number of hydrogen-bond donors (Lipinski definition) is 2. The summed E-state index contributed by atoms with van der Waals surface area (Å²) in [6.45, 7) is 1.04. The first-order valence-corrected chi connectivity index (χ1v) is 5.31. The first kappa shape index (κ1) is 12.7. The number of para-hydroxylation sites is 1.